The maximum Gasteiger partial charge on any atom is 0.272 e. The summed E-state index contributed by atoms with van der Waals surface area (Å²) in [4.78, 5) is 40.8. The molecule has 0 aliphatic heterocycles. The van der Waals surface area contributed by atoms with Crippen molar-refractivity contribution >= 4 is 70.1 Å². The fourth-order valence-electron chi connectivity index (χ4n) is 4.48. The number of carbonyl (C=O) groups is 3. The summed E-state index contributed by atoms with van der Waals surface area (Å²) in [6, 6.07) is 37.2. The maximum atomic E-state index is 13.5. The largest absolute Gasteiger partial charge is 0.497 e. The quantitative estimate of drug-likeness (QED) is 0.0956. The summed E-state index contributed by atoms with van der Waals surface area (Å²) in [7, 11) is 1.55. The Morgan fingerprint density at radius 2 is 1.47 bits per heavy atom. The van der Waals surface area contributed by atoms with Crippen LogP contribution in [-0.2, 0) is 9.59 Å². The van der Waals surface area contributed by atoms with Crippen molar-refractivity contribution < 1.29 is 19.1 Å². The van der Waals surface area contributed by atoms with Crippen LogP contribution < -0.4 is 20.7 Å². The predicted molar refractivity (Wildman–Crippen MR) is 190 cm³/mol. The molecule has 10 heteroatoms. The predicted octanol–water partition coefficient (Wildman–Crippen LogP) is 8.88. The Kier molecular flexibility index (Phi) is 11.4. The number of benzene rings is 5. The number of nitrogens with one attached hydrogen (secondary N) is 3. The van der Waals surface area contributed by atoms with Crippen LogP contribution in [0.25, 0.3) is 6.08 Å². The molecule has 0 aliphatic carbocycles. The third-order valence-corrected chi connectivity index (χ3v) is 8.64. The average molecular weight is 683 g/mol. The van der Waals surface area contributed by atoms with Crippen molar-refractivity contribution in [2.24, 2.45) is 0 Å². The van der Waals surface area contributed by atoms with E-state index in [9.17, 15) is 14.4 Å². The summed E-state index contributed by atoms with van der Waals surface area (Å²) in [5.74, 6) is -0.588. The van der Waals surface area contributed by atoms with Crippen LogP contribution in [-0.4, -0.2) is 24.8 Å². The molecule has 5 rings (SSSR count). The molecule has 47 heavy (non-hydrogen) atoms. The van der Waals surface area contributed by atoms with Gasteiger partial charge in [0.15, 0.2) is 0 Å². The van der Waals surface area contributed by atoms with Crippen molar-refractivity contribution in [3.63, 3.8) is 0 Å². The van der Waals surface area contributed by atoms with Gasteiger partial charge in [0.25, 0.3) is 11.8 Å². The smallest absolute Gasteiger partial charge is 0.272 e. The van der Waals surface area contributed by atoms with Gasteiger partial charge in [-0.25, -0.2) is 0 Å². The Labute approximate surface area is 287 Å². The van der Waals surface area contributed by atoms with Crippen LogP contribution in [0.2, 0.25) is 10.0 Å². The molecule has 0 radical (unpaired) electrons. The van der Waals surface area contributed by atoms with Crippen molar-refractivity contribution in [2.75, 3.05) is 17.7 Å². The van der Waals surface area contributed by atoms with Gasteiger partial charge in [-0.15, -0.1) is 11.8 Å². The van der Waals surface area contributed by atoms with Crippen molar-refractivity contribution in [3.8, 4) is 5.75 Å². The first-order valence-electron chi connectivity index (χ1n) is 14.4. The Bertz CT molecular complexity index is 1900. The van der Waals surface area contributed by atoms with Crippen LogP contribution in [0.1, 0.15) is 26.7 Å². The Balaban J connectivity index is 1.34. The van der Waals surface area contributed by atoms with E-state index in [4.69, 9.17) is 27.9 Å². The number of anilines is 2. The number of hydrogen-bond donors (Lipinski definition) is 3. The Hall–Kier alpha value is -5.02. The zero-order valence-electron chi connectivity index (χ0n) is 25.1. The minimum Gasteiger partial charge on any atom is -0.497 e. The summed E-state index contributed by atoms with van der Waals surface area (Å²) in [5.41, 5.74) is 2.88. The van der Waals surface area contributed by atoms with E-state index < -0.39 is 17.1 Å². The second kappa shape index (κ2) is 16.0. The van der Waals surface area contributed by atoms with Gasteiger partial charge in [0.1, 0.15) is 16.7 Å². The lowest BCUT2D eigenvalue weighted by Gasteiger charge is -2.18. The second-order valence-electron chi connectivity index (χ2n) is 10.2. The summed E-state index contributed by atoms with van der Waals surface area (Å²) in [6.45, 7) is 0. The van der Waals surface area contributed by atoms with Crippen LogP contribution >= 0.6 is 35.0 Å². The molecule has 3 N–H and O–H groups in total. The molecule has 7 nitrogen and oxygen atoms in total. The summed E-state index contributed by atoms with van der Waals surface area (Å²) < 4.78 is 5.31. The number of amides is 3. The molecule has 1 atom stereocenters. The van der Waals surface area contributed by atoms with Gasteiger partial charge in [0.2, 0.25) is 5.91 Å². The molecule has 0 bridgehead atoms. The number of carbonyl (C=O) groups excluding carboxylic acids is 3. The highest BCUT2D eigenvalue weighted by Gasteiger charge is 2.23. The van der Waals surface area contributed by atoms with Gasteiger partial charge in [0.05, 0.1) is 17.8 Å². The van der Waals surface area contributed by atoms with Crippen LogP contribution in [0, 0.1) is 0 Å². The van der Waals surface area contributed by atoms with Crippen molar-refractivity contribution in [3.05, 3.63) is 160 Å². The average Bonchev–Trinajstić information content (AvgIpc) is 3.09. The van der Waals surface area contributed by atoms with E-state index in [1.807, 2.05) is 48.5 Å². The van der Waals surface area contributed by atoms with E-state index in [0.29, 0.717) is 38.3 Å². The lowest BCUT2D eigenvalue weighted by Crippen LogP contribution is -2.30. The van der Waals surface area contributed by atoms with E-state index in [-0.39, 0.29) is 11.6 Å². The van der Waals surface area contributed by atoms with E-state index in [1.54, 1.807) is 92.0 Å². The molecular formula is C37H29Cl2N3O4S. The van der Waals surface area contributed by atoms with Gasteiger partial charge in [-0.3, -0.25) is 14.4 Å². The topological polar surface area (TPSA) is 96.5 Å². The molecule has 0 fully saturated rings. The molecule has 0 heterocycles. The zero-order valence-corrected chi connectivity index (χ0v) is 27.4. The normalized spacial score (nSPS) is 11.7. The first-order chi connectivity index (χ1) is 22.8. The van der Waals surface area contributed by atoms with E-state index in [0.717, 1.165) is 10.5 Å². The third-order valence-electron chi connectivity index (χ3n) is 6.83. The van der Waals surface area contributed by atoms with Crippen LogP contribution in [0.5, 0.6) is 5.75 Å². The van der Waals surface area contributed by atoms with Crippen LogP contribution in [0.4, 0.5) is 11.4 Å². The minimum atomic E-state index is -0.603. The summed E-state index contributed by atoms with van der Waals surface area (Å²) in [5, 5.41) is 8.70. The van der Waals surface area contributed by atoms with Crippen LogP contribution in [0.15, 0.2) is 138 Å². The highest BCUT2D eigenvalue weighted by molar-refractivity contribution is 8.00. The number of hydrogen-bond acceptors (Lipinski definition) is 5. The zero-order chi connectivity index (χ0) is 33.2. The van der Waals surface area contributed by atoms with Crippen molar-refractivity contribution in [1.82, 2.24) is 5.32 Å². The van der Waals surface area contributed by atoms with E-state index in [1.165, 1.54) is 11.8 Å². The fourth-order valence-corrected chi connectivity index (χ4v) is 5.96. The Morgan fingerprint density at radius 1 is 0.766 bits per heavy atom. The molecule has 236 valence electrons. The second-order valence-corrected chi connectivity index (χ2v) is 12.2. The summed E-state index contributed by atoms with van der Waals surface area (Å²) in [6.07, 6.45) is 1.58. The molecule has 0 spiro atoms. The molecule has 5 aromatic rings. The molecule has 0 saturated heterocycles. The number of rotatable bonds is 11. The van der Waals surface area contributed by atoms with E-state index >= 15 is 0 Å². The molecular weight excluding hydrogens is 653 g/mol. The monoisotopic (exact) mass is 681 g/mol. The molecule has 5 aromatic carbocycles. The van der Waals surface area contributed by atoms with E-state index in [2.05, 4.69) is 16.0 Å². The van der Waals surface area contributed by atoms with Gasteiger partial charge in [-0.1, -0.05) is 83.9 Å². The van der Waals surface area contributed by atoms with Crippen molar-refractivity contribution in [2.45, 2.75) is 10.1 Å². The van der Waals surface area contributed by atoms with Crippen LogP contribution in [0.3, 0.4) is 0 Å². The lowest BCUT2D eigenvalue weighted by molar-refractivity contribution is -0.116. The standard InChI is InChI=1S/C37H29Cl2N3O4S/c1-46-29-14-8-9-24(21-29)22-33(42-35(43)26-12-6-3-7-13-26)36(44)40-28-16-18-30(19-17-28)47-34(25-10-4-2-5-11-25)37(45)41-32-20-15-27(38)23-31(32)39/h2-23,34H,1H3,(H,40,44)(H,41,45)(H,42,43)/b33-22-. The fraction of sp³-hybridized carbons (Fsp3) is 0.0541. The number of thioether (sulfide) groups is 1. The molecule has 1 unspecified atom stereocenters. The first-order valence-corrected chi connectivity index (χ1v) is 16.0. The van der Waals surface area contributed by atoms with Gasteiger partial charge in [-0.2, -0.15) is 0 Å². The van der Waals surface area contributed by atoms with Gasteiger partial charge in [-0.05, 0) is 83.9 Å². The molecule has 3 amide bonds. The van der Waals surface area contributed by atoms with Gasteiger partial charge < -0.3 is 20.7 Å². The maximum absolute atomic E-state index is 13.5. The lowest BCUT2D eigenvalue weighted by atomic mass is 10.1. The minimum absolute atomic E-state index is 0.0484. The van der Waals surface area contributed by atoms with Gasteiger partial charge >= 0.3 is 0 Å². The SMILES string of the molecule is COc1cccc(/C=C(\NC(=O)c2ccccc2)C(=O)Nc2ccc(SC(C(=O)Nc3ccc(Cl)cc3Cl)c3ccccc3)cc2)c1. The number of ether oxygens (including phenoxy) is 1. The first kappa shape index (κ1) is 33.3. The highest BCUT2D eigenvalue weighted by Crippen LogP contribution is 2.37. The number of methoxy groups -OCH3 is 1. The van der Waals surface area contributed by atoms with Crippen molar-refractivity contribution in [1.29, 1.82) is 0 Å². The highest BCUT2D eigenvalue weighted by atomic mass is 35.5. The Morgan fingerprint density at radius 3 is 2.15 bits per heavy atom. The number of halogens is 2. The summed E-state index contributed by atoms with van der Waals surface area (Å²) >= 11 is 13.7. The molecule has 0 saturated carbocycles. The molecule has 0 aromatic heterocycles. The van der Waals surface area contributed by atoms with Gasteiger partial charge in [0, 0.05) is 21.2 Å². The molecule has 0 aliphatic rings. The third kappa shape index (κ3) is 9.26.